The van der Waals surface area contributed by atoms with Crippen LogP contribution in [0.25, 0.3) is 0 Å². The summed E-state index contributed by atoms with van der Waals surface area (Å²) < 4.78 is 1.25. The molecule has 0 aliphatic carbocycles. The van der Waals surface area contributed by atoms with Crippen LogP contribution in [0.4, 0.5) is 5.82 Å². The van der Waals surface area contributed by atoms with Crippen LogP contribution in [-0.2, 0) is 0 Å². The van der Waals surface area contributed by atoms with E-state index in [4.69, 9.17) is 5.73 Å². The summed E-state index contributed by atoms with van der Waals surface area (Å²) in [6, 6.07) is 5.91. The number of nitrogen functional groups attached to an aromatic ring is 1. The van der Waals surface area contributed by atoms with Crippen LogP contribution in [0.1, 0.15) is 0 Å². The number of anilines is 1. The summed E-state index contributed by atoms with van der Waals surface area (Å²) in [6.45, 7) is 0. The van der Waals surface area contributed by atoms with E-state index in [0.717, 1.165) is 0 Å². The van der Waals surface area contributed by atoms with Gasteiger partial charge in [0.1, 0.15) is 0 Å². The molecule has 0 aromatic carbocycles. The molecule has 0 bridgehead atoms. The molecule has 2 nitrogen and oxygen atoms in total. The van der Waals surface area contributed by atoms with Gasteiger partial charge in [-0.05, 0) is 0 Å². The van der Waals surface area contributed by atoms with Gasteiger partial charge in [0, 0.05) is 0 Å². The van der Waals surface area contributed by atoms with E-state index in [2.05, 4.69) is 25.9 Å². The Hall–Kier alpha value is -0.251. The Morgan fingerprint density at radius 1 is 1.27 bits per heavy atom. The molecule has 0 radical (unpaired) electrons. The molecule has 1 aromatic heterocycles. The third-order valence-electron chi connectivity index (χ3n) is 1.54. The first kappa shape index (κ1) is 8.84. The zero-order valence-electron chi connectivity index (χ0n) is 7.26. The molecule has 1 aromatic rings. The zero-order valence-corrected chi connectivity index (χ0v) is 10.1. The van der Waals surface area contributed by atoms with Crippen molar-refractivity contribution in [3.63, 3.8) is 0 Å². The molecule has 0 atom stereocenters. The van der Waals surface area contributed by atoms with Gasteiger partial charge in [0.15, 0.2) is 0 Å². The molecule has 0 aliphatic rings. The van der Waals surface area contributed by atoms with Gasteiger partial charge in [-0.3, -0.25) is 0 Å². The van der Waals surface area contributed by atoms with E-state index < -0.39 is 18.4 Å². The number of pyridine rings is 1. The fraction of sp³-hybridized carbons (Fsp3) is 0.375. The number of rotatable bonds is 1. The SMILES string of the molecule is [CH3][Sn]([CH3])([CH3])[c]1cccc(N)n1. The molecule has 3 heteroatoms. The van der Waals surface area contributed by atoms with Crippen LogP contribution in [0.2, 0.25) is 14.8 Å². The van der Waals surface area contributed by atoms with Crippen molar-refractivity contribution in [1.29, 1.82) is 0 Å². The van der Waals surface area contributed by atoms with Crippen molar-refractivity contribution in [2.45, 2.75) is 14.8 Å². The Balaban J connectivity index is 3.06. The quantitative estimate of drug-likeness (QED) is 0.768. The number of hydrogen-bond acceptors (Lipinski definition) is 2. The molecule has 0 saturated carbocycles. The predicted octanol–water partition coefficient (Wildman–Crippen LogP) is 1.21. The third kappa shape index (κ3) is 2.36. The van der Waals surface area contributed by atoms with E-state index in [1.54, 1.807) is 0 Å². The van der Waals surface area contributed by atoms with Crippen LogP contribution in [0.3, 0.4) is 0 Å². The molecule has 60 valence electrons. The first-order valence-electron chi connectivity index (χ1n) is 3.73. The van der Waals surface area contributed by atoms with Crippen molar-refractivity contribution < 1.29 is 0 Å². The van der Waals surface area contributed by atoms with Gasteiger partial charge in [-0.2, -0.15) is 0 Å². The van der Waals surface area contributed by atoms with Crippen LogP contribution >= 0.6 is 0 Å². The van der Waals surface area contributed by atoms with Gasteiger partial charge in [0.25, 0.3) is 0 Å². The predicted molar refractivity (Wildman–Crippen MR) is 51.6 cm³/mol. The summed E-state index contributed by atoms with van der Waals surface area (Å²) >= 11 is -1.95. The molecular weight excluding hydrogens is 243 g/mol. The monoisotopic (exact) mass is 258 g/mol. The molecule has 0 fully saturated rings. The van der Waals surface area contributed by atoms with E-state index in [9.17, 15) is 0 Å². The van der Waals surface area contributed by atoms with Gasteiger partial charge in [0.05, 0.1) is 0 Å². The number of nitrogens with two attached hydrogens (primary N) is 1. The van der Waals surface area contributed by atoms with Gasteiger partial charge in [0.2, 0.25) is 0 Å². The zero-order chi connectivity index (χ0) is 8.48. The van der Waals surface area contributed by atoms with Crippen molar-refractivity contribution in [2.24, 2.45) is 0 Å². The van der Waals surface area contributed by atoms with Crippen molar-refractivity contribution in [3.8, 4) is 0 Å². The minimum atomic E-state index is -1.95. The first-order valence-corrected chi connectivity index (χ1v) is 13.7. The Kier molecular flexibility index (Phi) is 2.42. The molecule has 0 unspecified atom stereocenters. The van der Waals surface area contributed by atoms with E-state index in [1.807, 2.05) is 12.1 Å². The Morgan fingerprint density at radius 3 is 2.27 bits per heavy atom. The second kappa shape index (κ2) is 3.01. The fourth-order valence-corrected chi connectivity index (χ4v) is 3.90. The van der Waals surface area contributed by atoms with Crippen molar-refractivity contribution >= 4 is 27.9 Å². The minimum absolute atomic E-state index is 0.647. The summed E-state index contributed by atoms with van der Waals surface area (Å²) in [5, 5.41) is 0. The van der Waals surface area contributed by atoms with Gasteiger partial charge >= 0.3 is 71.6 Å². The first-order chi connectivity index (χ1) is 5.00. The fourth-order valence-electron chi connectivity index (χ4n) is 0.869. The molecule has 0 amide bonds. The molecule has 11 heavy (non-hydrogen) atoms. The Labute approximate surface area is 71.7 Å². The van der Waals surface area contributed by atoms with Crippen LogP contribution in [0.5, 0.6) is 0 Å². The normalized spacial score (nSPS) is 11.5. The summed E-state index contributed by atoms with van der Waals surface area (Å²) in [6.07, 6.45) is 0. The molecule has 1 rings (SSSR count). The van der Waals surface area contributed by atoms with Crippen LogP contribution < -0.4 is 9.44 Å². The number of hydrogen-bond donors (Lipinski definition) is 1. The second-order valence-electron chi connectivity index (χ2n) is 3.70. The van der Waals surface area contributed by atoms with E-state index in [0.29, 0.717) is 5.82 Å². The third-order valence-corrected chi connectivity index (χ3v) is 6.72. The number of nitrogens with zero attached hydrogens (tertiary/aromatic N) is 1. The molecule has 0 spiro atoms. The standard InChI is InChI=1S/C5H5N2.3CH3.Sn/c6-5-3-1-2-4-7-5;;;;/h1-3H,(H2,6,7);3*1H3;. The molecular formula is C8H14N2Sn. The van der Waals surface area contributed by atoms with E-state index in [-0.39, 0.29) is 0 Å². The van der Waals surface area contributed by atoms with Gasteiger partial charge in [-0.1, -0.05) is 0 Å². The second-order valence-corrected chi connectivity index (χ2v) is 18.0. The summed E-state index contributed by atoms with van der Waals surface area (Å²) in [5.41, 5.74) is 5.58. The number of aromatic nitrogens is 1. The van der Waals surface area contributed by atoms with Crippen molar-refractivity contribution in [2.75, 3.05) is 5.73 Å². The topological polar surface area (TPSA) is 38.9 Å². The summed E-state index contributed by atoms with van der Waals surface area (Å²) in [4.78, 5) is 11.3. The average molecular weight is 257 g/mol. The van der Waals surface area contributed by atoms with Gasteiger partial charge < -0.3 is 0 Å². The molecule has 1 heterocycles. The Morgan fingerprint density at radius 2 is 1.91 bits per heavy atom. The molecule has 0 saturated heterocycles. The van der Waals surface area contributed by atoms with Crippen LogP contribution in [-0.4, -0.2) is 23.4 Å². The molecule has 0 aliphatic heterocycles. The Bertz CT molecular complexity index is 253. The van der Waals surface area contributed by atoms with E-state index >= 15 is 0 Å². The van der Waals surface area contributed by atoms with Crippen LogP contribution in [0, 0.1) is 0 Å². The van der Waals surface area contributed by atoms with Gasteiger partial charge in [-0.15, -0.1) is 0 Å². The van der Waals surface area contributed by atoms with E-state index in [1.165, 1.54) is 3.71 Å². The maximum atomic E-state index is 5.58. The van der Waals surface area contributed by atoms with Gasteiger partial charge in [-0.25, -0.2) is 0 Å². The maximum absolute atomic E-state index is 5.58. The molecule has 2 N–H and O–H groups in total. The summed E-state index contributed by atoms with van der Waals surface area (Å²) in [5.74, 6) is 0.647. The van der Waals surface area contributed by atoms with Crippen molar-refractivity contribution in [1.82, 2.24) is 4.98 Å². The summed E-state index contributed by atoms with van der Waals surface area (Å²) in [7, 11) is 0. The van der Waals surface area contributed by atoms with Crippen molar-refractivity contribution in [3.05, 3.63) is 18.2 Å². The van der Waals surface area contributed by atoms with Crippen LogP contribution in [0.15, 0.2) is 18.2 Å². The average Bonchev–Trinajstić information content (AvgIpc) is 1.86.